The Morgan fingerprint density at radius 2 is 2.14 bits per heavy atom. The van der Waals surface area contributed by atoms with Crippen molar-refractivity contribution in [2.75, 3.05) is 13.7 Å². The second-order valence-corrected chi connectivity index (χ2v) is 4.04. The zero-order valence-electron chi connectivity index (χ0n) is 11.1. The molecule has 1 atom stereocenters. The first kappa shape index (κ1) is 16.4. The minimum absolute atomic E-state index is 0.0500. The molecule has 9 nitrogen and oxygen atoms in total. The molecule has 1 aromatic carbocycles. The van der Waals surface area contributed by atoms with Gasteiger partial charge in [0.15, 0.2) is 11.9 Å². The van der Waals surface area contributed by atoms with Crippen molar-refractivity contribution in [2.24, 2.45) is 0 Å². The van der Waals surface area contributed by atoms with E-state index in [1.54, 1.807) is 0 Å². The highest BCUT2D eigenvalue weighted by molar-refractivity contribution is 5.95. The van der Waals surface area contributed by atoms with Crippen LogP contribution >= 0.6 is 0 Å². The zero-order chi connectivity index (χ0) is 16.0. The number of carbonyl (C=O) groups excluding carboxylic acids is 1. The molecule has 0 saturated carbocycles. The number of aliphatic hydroxyl groups excluding tert-OH is 1. The number of carboxylic acids is 1. The van der Waals surface area contributed by atoms with E-state index in [0.29, 0.717) is 0 Å². The number of hydrogen-bond acceptors (Lipinski definition) is 6. The van der Waals surface area contributed by atoms with E-state index < -0.39 is 22.9 Å². The van der Waals surface area contributed by atoms with Crippen molar-refractivity contribution in [1.82, 2.24) is 5.32 Å². The number of nitro groups is 1. The maximum Gasteiger partial charge on any atom is 0.332 e. The largest absolute Gasteiger partial charge is 0.490 e. The van der Waals surface area contributed by atoms with Crippen LogP contribution in [0.2, 0.25) is 0 Å². The number of carboxylic acid groups (broad SMARTS) is 1. The molecule has 3 N–H and O–H groups in total. The molecule has 0 aliphatic rings. The van der Waals surface area contributed by atoms with Crippen molar-refractivity contribution in [3.05, 3.63) is 33.9 Å². The predicted molar refractivity (Wildman–Crippen MR) is 70.2 cm³/mol. The van der Waals surface area contributed by atoms with Crippen molar-refractivity contribution in [3.8, 4) is 5.75 Å². The summed E-state index contributed by atoms with van der Waals surface area (Å²) in [7, 11) is 1.24. The van der Waals surface area contributed by atoms with Crippen LogP contribution in [0.1, 0.15) is 16.8 Å². The van der Waals surface area contributed by atoms with Gasteiger partial charge in [-0.15, -0.1) is 0 Å². The number of aliphatic carboxylic acids is 1. The van der Waals surface area contributed by atoms with Crippen LogP contribution < -0.4 is 10.1 Å². The molecule has 1 rings (SSSR count). The van der Waals surface area contributed by atoms with Crippen molar-refractivity contribution in [3.63, 3.8) is 0 Å². The fourth-order valence-corrected chi connectivity index (χ4v) is 1.52. The fourth-order valence-electron chi connectivity index (χ4n) is 1.52. The van der Waals surface area contributed by atoms with Gasteiger partial charge in [-0.05, 0) is 6.07 Å². The highest BCUT2D eigenvalue weighted by Gasteiger charge is 2.18. The first-order valence-corrected chi connectivity index (χ1v) is 5.88. The molecule has 0 bridgehead atoms. The Hall–Kier alpha value is -2.68. The zero-order valence-corrected chi connectivity index (χ0v) is 11.1. The van der Waals surface area contributed by atoms with E-state index in [1.165, 1.54) is 19.2 Å². The lowest BCUT2D eigenvalue weighted by molar-refractivity contribution is -0.385. The van der Waals surface area contributed by atoms with Crippen LogP contribution in [0.5, 0.6) is 5.75 Å². The quantitative estimate of drug-likeness (QED) is 0.481. The topological polar surface area (TPSA) is 139 Å². The van der Waals surface area contributed by atoms with Crippen LogP contribution in [0.4, 0.5) is 5.69 Å². The summed E-state index contributed by atoms with van der Waals surface area (Å²) >= 11 is 0. The number of aliphatic hydroxyl groups is 1. The maximum absolute atomic E-state index is 11.8. The summed E-state index contributed by atoms with van der Waals surface area (Å²) in [5, 5.41) is 30.6. The van der Waals surface area contributed by atoms with Crippen molar-refractivity contribution in [1.29, 1.82) is 0 Å². The summed E-state index contributed by atoms with van der Waals surface area (Å²) in [6.45, 7) is -0.0500. The van der Waals surface area contributed by atoms with E-state index >= 15 is 0 Å². The van der Waals surface area contributed by atoms with Gasteiger partial charge in [0, 0.05) is 30.7 Å². The number of carbonyl (C=O) groups is 2. The molecule has 0 spiro atoms. The van der Waals surface area contributed by atoms with Gasteiger partial charge in [0.25, 0.3) is 5.91 Å². The van der Waals surface area contributed by atoms with Crippen LogP contribution in [0.3, 0.4) is 0 Å². The molecule has 1 aromatic rings. The maximum atomic E-state index is 11.8. The number of methoxy groups -OCH3 is 1. The molecule has 9 heteroatoms. The third kappa shape index (κ3) is 4.42. The number of amides is 1. The predicted octanol–water partition coefficient (Wildman–Crippen LogP) is 0.169. The molecule has 0 aliphatic carbocycles. The molecule has 0 fully saturated rings. The van der Waals surface area contributed by atoms with Crippen LogP contribution in [-0.2, 0) is 4.79 Å². The summed E-state index contributed by atoms with van der Waals surface area (Å²) in [4.78, 5) is 32.2. The van der Waals surface area contributed by atoms with Gasteiger partial charge in [0.05, 0.1) is 12.0 Å². The highest BCUT2D eigenvalue weighted by atomic mass is 16.6. The number of rotatable bonds is 7. The number of ether oxygens (including phenoxy) is 1. The Morgan fingerprint density at radius 3 is 2.67 bits per heavy atom. The van der Waals surface area contributed by atoms with Crippen LogP contribution in [0.15, 0.2) is 18.2 Å². The van der Waals surface area contributed by atoms with Gasteiger partial charge >= 0.3 is 11.7 Å². The van der Waals surface area contributed by atoms with E-state index in [-0.39, 0.29) is 30.0 Å². The number of hydrogen-bond donors (Lipinski definition) is 3. The van der Waals surface area contributed by atoms with E-state index in [2.05, 4.69) is 5.32 Å². The molecule has 0 aromatic heterocycles. The Labute approximate surface area is 119 Å². The third-order valence-electron chi connectivity index (χ3n) is 2.63. The summed E-state index contributed by atoms with van der Waals surface area (Å²) in [5.74, 6) is -1.99. The van der Waals surface area contributed by atoms with Crippen molar-refractivity contribution >= 4 is 17.6 Å². The van der Waals surface area contributed by atoms with Gasteiger partial charge < -0.3 is 20.3 Å². The van der Waals surface area contributed by atoms with Gasteiger partial charge in [-0.25, -0.2) is 4.79 Å². The van der Waals surface area contributed by atoms with Crippen molar-refractivity contribution < 1.29 is 29.5 Å². The Balaban J connectivity index is 2.71. The second kappa shape index (κ2) is 7.20. The minimum Gasteiger partial charge on any atom is -0.490 e. The van der Waals surface area contributed by atoms with Gasteiger partial charge in [0.2, 0.25) is 0 Å². The van der Waals surface area contributed by atoms with Crippen LogP contribution in [0, 0.1) is 10.1 Å². The third-order valence-corrected chi connectivity index (χ3v) is 2.63. The molecular formula is C12H14N2O7. The fraction of sp³-hybridized carbons (Fsp3) is 0.333. The van der Waals surface area contributed by atoms with Gasteiger partial charge in [0.1, 0.15) is 0 Å². The van der Waals surface area contributed by atoms with E-state index in [4.69, 9.17) is 14.9 Å². The minimum atomic E-state index is -1.56. The molecule has 0 radical (unpaired) electrons. The van der Waals surface area contributed by atoms with Gasteiger partial charge in [-0.2, -0.15) is 0 Å². The second-order valence-electron chi connectivity index (χ2n) is 4.04. The Bertz CT molecular complexity index is 559. The van der Waals surface area contributed by atoms with Crippen LogP contribution in [0.25, 0.3) is 0 Å². The molecule has 1 amide bonds. The summed E-state index contributed by atoms with van der Waals surface area (Å²) in [6, 6.07) is 3.60. The average Bonchev–Trinajstić information content (AvgIpc) is 2.45. The normalized spacial score (nSPS) is 11.5. The molecule has 0 saturated heterocycles. The first-order valence-electron chi connectivity index (χ1n) is 5.88. The molecule has 0 heterocycles. The van der Waals surface area contributed by atoms with E-state index in [1.807, 2.05) is 0 Å². The van der Waals surface area contributed by atoms with Crippen molar-refractivity contribution in [2.45, 2.75) is 12.5 Å². The lowest BCUT2D eigenvalue weighted by Gasteiger charge is -2.08. The molecular weight excluding hydrogens is 284 g/mol. The SMILES string of the molecule is COc1cc(C(=O)NCC[C@H](O)C(=O)O)ccc1[N+](=O)[O-]. The van der Waals surface area contributed by atoms with Crippen LogP contribution in [-0.4, -0.2) is 46.8 Å². The smallest absolute Gasteiger partial charge is 0.332 e. The Kier molecular flexibility index (Phi) is 5.61. The molecule has 0 aliphatic heterocycles. The lowest BCUT2D eigenvalue weighted by atomic mass is 10.1. The standard InChI is InChI=1S/C12H14N2O7/c1-21-10-6-7(2-3-8(10)14(19)20)11(16)13-5-4-9(15)12(17)18/h2-3,6,9,15H,4-5H2,1H3,(H,13,16)(H,17,18)/t9-/m0/s1. The molecule has 21 heavy (non-hydrogen) atoms. The number of nitrogens with zero attached hydrogens (tertiary/aromatic N) is 1. The number of nitrogens with one attached hydrogen (secondary N) is 1. The van der Waals surface area contributed by atoms with E-state index in [9.17, 15) is 19.7 Å². The molecule has 0 unspecified atom stereocenters. The summed E-state index contributed by atoms with van der Waals surface area (Å²) < 4.78 is 4.83. The number of benzene rings is 1. The Morgan fingerprint density at radius 1 is 1.48 bits per heavy atom. The monoisotopic (exact) mass is 298 g/mol. The summed E-state index contributed by atoms with van der Waals surface area (Å²) in [6.07, 6.45) is -1.71. The lowest BCUT2D eigenvalue weighted by Crippen LogP contribution is -2.30. The average molecular weight is 298 g/mol. The van der Waals surface area contributed by atoms with Gasteiger partial charge in [-0.1, -0.05) is 0 Å². The highest BCUT2D eigenvalue weighted by Crippen LogP contribution is 2.27. The van der Waals surface area contributed by atoms with E-state index in [0.717, 1.165) is 6.07 Å². The number of nitro benzene ring substituents is 1. The van der Waals surface area contributed by atoms with Gasteiger partial charge in [-0.3, -0.25) is 14.9 Å². The summed E-state index contributed by atoms with van der Waals surface area (Å²) in [5.41, 5.74) is -0.141. The molecule has 114 valence electrons. The first-order chi connectivity index (χ1) is 9.86.